The predicted molar refractivity (Wildman–Crippen MR) is 35.6 cm³/mol. The van der Waals surface area contributed by atoms with E-state index in [-0.39, 0.29) is 5.33 Å². The summed E-state index contributed by atoms with van der Waals surface area (Å²) >= 11 is 2.69. The molecule has 0 aliphatic heterocycles. The number of hydrogen-bond donors (Lipinski definition) is 1. The van der Waals surface area contributed by atoms with Crippen molar-refractivity contribution in [3.8, 4) is 0 Å². The van der Waals surface area contributed by atoms with Crippen LogP contribution >= 0.6 is 15.9 Å². The molecule has 0 fully saturated rings. The Hall–Kier alpha value is -0.260. The first-order valence-corrected chi connectivity index (χ1v) is 3.84. The van der Waals surface area contributed by atoms with Gasteiger partial charge in [0.25, 0.3) is 0 Å². The predicted octanol–water partition coefficient (Wildman–Crippen LogP) is 2.03. The highest BCUT2D eigenvalue weighted by Gasteiger charge is 2.34. The first kappa shape index (κ1) is 10.7. The van der Waals surface area contributed by atoms with E-state index in [0.29, 0.717) is 0 Å². The van der Waals surface area contributed by atoms with E-state index >= 15 is 0 Å². The summed E-state index contributed by atoms with van der Waals surface area (Å²) in [6, 6.07) is 0. The molecule has 0 radical (unpaired) electrons. The third-order valence-electron chi connectivity index (χ3n) is 1.01. The highest BCUT2D eigenvalue weighted by atomic mass is 79.9. The minimum absolute atomic E-state index is 0.179. The first-order valence-electron chi connectivity index (χ1n) is 2.72. The lowest BCUT2D eigenvalue weighted by molar-refractivity contribution is -0.161. The zero-order valence-electron chi connectivity index (χ0n) is 5.36. The Morgan fingerprint density at radius 2 is 2.00 bits per heavy atom. The quantitative estimate of drug-likeness (QED) is 0.760. The molecular weight excluding hydrogens is 229 g/mol. The molecule has 66 valence electrons. The highest BCUT2D eigenvalue weighted by molar-refractivity contribution is 9.09. The third kappa shape index (κ3) is 5.06. The maximum absolute atomic E-state index is 11.6. The van der Waals surface area contributed by atoms with Gasteiger partial charge in [0.1, 0.15) is 0 Å². The molecule has 0 aliphatic rings. The Bertz CT molecular complexity index is 145. The van der Waals surface area contributed by atoms with Gasteiger partial charge in [0.2, 0.25) is 0 Å². The number of halogens is 4. The van der Waals surface area contributed by atoms with Crippen LogP contribution in [0.3, 0.4) is 0 Å². The zero-order chi connectivity index (χ0) is 9.07. The molecule has 0 bridgehead atoms. The van der Waals surface area contributed by atoms with Gasteiger partial charge in [-0.15, -0.1) is 0 Å². The van der Waals surface area contributed by atoms with Crippen LogP contribution in [0.15, 0.2) is 0 Å². The average molecular weight is 235 g/mol. The van der Waals surface area contributed by atoms with Crippen molar-refractivity contribution in [2.45, 2.75) is 12.6 Å². The van der Waals surface area contributed by atoms with Gasteiger partial charge in [0.05, 0.1) is 12.3 Å². The number of aliphatic carboxylic acids is 1. The van der Waals surface area contributed by atoms with Gasteiger partial charge in [0, 0.05) is 5.33 Å². The van der Waals surface area contributed by atoms with Crippen molar-refractivity contribution in [3.05, 3.63) is 0 Å². The average Bonchev–Trinajstić information content (AvgIpc) is 1.80. The van der Waals surface area contributed by atoms with Gasteiger partial charge in [-0.2, -0.15) is 13.2 Å². The van der Waals surface area contributed by atoms with Crippen molar-refractivity contribution in [2.24, 2.45) is 5.92 Å². The summed E-state index contributed by atoms with van der Waals surface area (Å²) in [5.41, 5.74) is 0. The van der Waals surface area contributed by atoms with E-state index in [1.54, 1.807) is 0 Å². The van der Waals surface area contributed by atoms with Crippen LogP contribution in [-0.4, -0.2) is 22.6 Å². The molecule has 0 saturated carbocycles. The molecule has 0 aromatic rings. The number of carbonyl (C=O) groups is 1. The molecule has 1 N–H and O–H groups in total. The van der Waals surface area contributed by atoms with Crippen LogP contribution in [0.25, 0.3) is 0 Å². The molecule has 6 heteroatoms. The van der Waals surface area contributed by atoms with Crippen LogP contribution in [0.2, 0.25) is 0 Å². The lowest BCUT2D eigenvalue weighted by Gasteiger charge is -2.10. The van der Waals surface area contributed by atoms with E-state index < -0.39 is 24.5 Å². The summed E-state index contributed by atoms with van der Waals surface area (Å²) < 4.78 is 34.7. The summed E-state index contributed by atoms with van der Waals surface area (Å²) in [7, 11) is 0. The maximum atomic E-state index is 11.6. The standard InChI is InChI=1S/C5H6BrF3O2/c6-2-3(4(10)11)1-5(7,8)9/h3H,1-2H2,(H,10,11). The molecule has 0 saturated heterocycles. The van der Waals surface area contributed by atoms with E-state index in [9.17, 15) is 18.0 Å². The van der Waals surface area contributed by atoms with Gasteiger partial charge < -0.3 is 5.11 Å². The third-order valence-corrected chi connectivity index (χ3v) is 1.79. The fourth-order valence-corrected chi connectivity index (χ4v) is 0.993. The van der Waals surface area contributed by atoms with Crippen LogP contribution in [0.1, 0.15) is 6.42 Å². The normalized spacial score (nSPS) is 14.5. The molecule has 11 heavy (non-hydrogen) atoms. The number of alkyl halides is 4. The summed E-state index contributed by atoms with van der Waals surface area (Å²) in [5, 5.41) is 8.03. The Morgan fingerprint density at radius 3 is 2.09 bits per heavy atom. The summed E-state index contributed by atoms with van der Waals surface area (Å²) in [6.45, 7) is 0. The molecule has 0 aliphatic carbocycles. The van der Waals surface area contributed by atoms with Gasteiger partial charge in [-0.25, -0.2) is 0 Å². The van der Waals surface area contributed by atoms with Crippen molar-refractivity contribution in [1.82, 2.24) is 0 Å². The van der Waals surface area contributed by atoms with E-state index in [1.807, 2.05) is 0 Å². The van der Waals surface area contributed by atoms with Crippen LogP contribution < -0.4 is 0 Å². The molecule has 2 nitrogen and oxygen atoms in total. The summed E-state index contributed by atoms with van der Waals surface area (Å²) in [4.78, 5) is 10.1. The van der Waals surface area contributed by atoms with E-state index in [0.717, 1.165) is 0 Å². The van der Waals surface area contributed by atoms with E-state index in [1.165, 1.54) is 0 Å². The van der Waals surface area contributed by atoms with Crippen molar-refractivity contribution in [3.63, 3.8) is 0 Å². The van der Waals surface area contributed by atoms with Gasteiger partial charge in [-0.1, -0.05) is 15.9 Å². The van der Waals surface area contributed by atoms with Gasteiger partial charge in [0.15, 0.2) is 0 Å². The summed E-state index contributed by atoms with van der Waals surface area (Å²) in [5.74, 6) is -2.81. The Labute approximate surface area is 69.5 Å². The van der Waals surface area contributed by atoms with E-state index in [4.69, 9.17) is 5.11 Å². The Morgan fingerprint density at radius 1 is 1.55 bits per heavy atom. The molecule has 0 amide bonds. The van der Waals surface area contributed by atoms with Gasteiger partial charge in [-0.3, -0.25) is 4.79 Å². The second kappa shape index (κ2) is 3.94. The van der Waals surface area contributed by atoms with Gasteiger partial charge >= 0.3 is 12.1 Å². The van der Waals surface area contributed by atoms with Crippen LogP contribution in [0, 0.1) is 5.92 Å². The zero-order valence-corrected chi connectivity index (χ0v) is 6.94. The van der Waals surface area contributed by atoms with Crippen LogP contribution in [-0.2, 0) is 4.79 Å². The van der Waals surface area contributed by atoms with Crippen molar-refractivity contribution in [1.29, 1.82) is 0 Å². The molecule has 0 spiro atoms. The molecule has 1 unspecified atom stereocenters. The van der Waals surface area contributed by atoms with Gasteiger partial charge in [-0.05, 0) is 0 Å². The smallest absolute Gasteiger partial charge is 0.389 e. The number of hydrogen-bond acceptors (Lipinski definition) is 1. The SMILES string of the molecule is O=C(O)C(CBr)CC(F)(F)F. The largest absolute Gasteiger partial charge is 0.481 e. The van der Waals surface area contributed by atoms with Crippen LogP contribution in [0.5, 0.6) is 0 Å². The number of carboxylic acid groups (broad SMARTS) is 1. The Kier molecular flexibility index (Phi) is 3.85. The van der Waals surface area contributed by atoms with E-state index in [2.05, 4.69) is 15.9 Å². The molecule has 0 aromatic heterocycles. The molecule has 0 aromatic carbocycles. The maximum Gasteiger partial charge on any atom is 0.389 e. The first-order chi connectivity index (χ1) is 4.87. The van der Waals surface area contributed by atoms with Crippen LogP contribution in [0.4, 0.5) is 13.2 Å². The highest BCUT2D eigenvalue weighted by Crippen LogP contribution is 2.25. The molecule has 0 rings (SSSR count). The number of carboxylic acids is 1. The monoisotopic (exact) mass is 234 g/mol. The lowest BCUT2D eigenvalue weighted by Crippen LogP contribution is -2.23. The van der Waals surface area contributed by atoms with Crippen molar-refractivity contribution >= 4 is 21.9 Å². The topological polar surface area (TPSA) is 37.3 Å². The second-order valence-electron chi connectivity index (χ2n) is 2.01. The molecular formula is C5H6BrF3O2. The minimum atomic E-state index is -4.41. The fourth-order valence-electron chi connectivity index (χ4n) is 0.487. The number of rotatable bonds is 3. The van der Waals surface area contributed by atoms with Crippen molar-refractivity contribution in [2.75, 3.05) is 5.33 Å². The molecule has 1 atom stereocenters. The molecule has 0 heterocycles. The van der Waals surface area contributed by atoms with Crippen molar-refractivity contribution < 1.29 is 23.1 Å². The lowest BCUT2D eigenvalue weighted by atomic mass is 10.1. The fraction of sp³-hybridized carbons (Fsp3) is 0.800. The summed E-state index contributed by atoms with van der Waals surface area (Å²) in [6.07, 6.45) is -5.69. The Balaban J connectivity index is 3.99. The minimum Gasteiger partial charge on any atom is -0.481 e. The second-order valence-corrected chi connectivity index (χ2v) is 2.66.